The molecule has 0 radical (unpaired) electrons. The Balaban J connectivity index is 0.00000144. The van der Waals surface area contributed by atoms with E-state index in [1.54, 1.807) is 7.11 Å². The minimum Gasteiger partial charge on any atom is -0.497 e. The molecule has 1 aromatic rings. The van der Waals surface area contributed by atoms with Gasteiger partial charge in [-0.05, 0) is 43.6 Å². The minimum absolute atomic E-state index is 0. The monoisotopic (exact) mass is 236 g/mol. The summed E-state index contributed by atoms with van der Waals surface area (Å²) in [4.78, 5) is 2.46. The molecule has 0 bridgehead atoms. The van der Waals surface area contributed by atoms with Crippen molar-refractivity contribution in [2.45, 2.75) is 32.9 Å². The number of methoxy groups -OCH3 is 1. The van der Waals surface area contributed by atoms with E-state index >= 15 is 0 Å². The van der Waals surface area contributed by atoms with Crippen LogP contribution in [0.25, 0.3) is 0 Å². The fourth-order valence-corrected chi connectivity index (χ4v) is 2.10. The van der Waals surface area contributed by atoms with E-state index in [4.69, 9.17) is 10.5 Å². The molecule has 3 heteroatoms. The van der Waals surface area contributed by atoms with Gasteiger partial charge in [0, 0.05) is 12.6 Å². The van der Waals surface area contributed by atoms with Gasteiger partial charge >= 0.3 is 0 Å². The summed E-state index contributed by atoms with van der Waals surface area (Å²) in [6.07, 6.45) is 2.24. The lowest BCUT2D eigenvalue weighted by atomic mass is 10.1. The van der Waals surface area contributed by atoms with E-state index in [9.17, 15) is 0 Å². The van der Waals surface area contributed by atoms with Gasteiger partial charge in [-0.15, -0.1) is 0 Å². The zero-order valence-electron chi connectivity index (χ0n) is 9.86. The molecule has 3 nitrogen and oxygen atoms in total. The highest BCUT2D eigenvalue weighted by molar-refractivity contribution is 5.27. The highest BCUT2D eigenvalue weighted by atomic mass is 16.5. The molecule has 1 fully saturated rings. The average molecular weight is 236 g/mol. The largest absolute Gasteiger partial charge is 0.497 e. The number of benzene rings is 1. The van der Waals surface area contributed by atoms with Crippen LogP contribution in [0.2, 0.25) is 0 Å². The Hall–Kier alpha value is -1.06. The van der Waals surface area contributed by atoms with E-state index in [2.05, 4.69) is 17.0 Å². The van der Waals surface area contributed by atoms with Crippen LogP contribution in [0.4, 0.5) is 0 Å². The topological polar surface area (TPSA) is 38.5 Å². The van der Waals surface area contributed by atoms with Gasteiger partial charge in [0.05, 0.1) is 7.11 Å². The minimum atomic E-state index is 0. The molecule has 96 valence electrons. The van der Waals surface area contributed by atoms with E-state index in [1.165, 1.54) is 5.56 Å². The van der Waals surface area contributed by atoms with Gasteiger partial charge in [0.2, 0.25) is 0 Å². The number of piperidine rings is 1. The van der Waals surface area contributed by atoms with Gasteiger partial charge in [-0.1, -0.05) is 19.6 Å². The molecule has 1 aliphatic rings. The Morgan fingerprint density at radius 3 is 2.35 bits per heavy atom. The Bertz CT molecular complexity index is 315. The van der Waals surface area contributed by atoms with E-state index < -0.39 is 0 Å². The van der Waals surface area contributed by atoms with Crippen LogP contribution in [0.1, 0.15) is 25.8 Å². The van der Waals surface area contributed by atoms with Crippen molar-refractivity contribution < 1.29 is 4.74 Å². The molecule has 1 aromatic carbocycles. The predicted octanol–water partition coefficient (Wildman–Crippen LogP) is 2.25. The quantitative estimate of drug-likeness (QED) is 0.875. The predicted molar refractivity (Wildman–Crippen MR) is 72.2 cm³/mol. The van der Waals surface area contributed by atoms with Crippen LogP contribution in [0, 0.1) is 0 Å². The maximum atomic E-state index is 5.89. The standard InChI is InChI=1S/C13H20N2O.CH4/c1-16-13-4-2-11(3-5-13)10-15-8-6-12(14)7-9-15;/h2-5,12H,6-10,14H2,1H3;1H4. The van der Waals surface area contributed by atoms with Crippen LogP contribution >= 0.6 is 0 Å². The summed E-state index contributed by atoms with van der Waals surface area (Å²) < 4.78 is 5.14. The molecule has 0 saturated carbocycles. The highest BCUT2D eigenvalue weighted by Crippen LogP contribution is 2.15. The third-order valence-corrected chi connectivity index (χ3v) is 3.20. The molecule has 2 N–H and O–H groups in total. The fourth-order valence-electron chi connectivity index (χ4n) is 2.10. The van der Waals surface area contributed by atoms with E-state index in [0.717, 1.165) is 38.2 Å². The fraction of sp³-hybridized carbons (Fsp3) is 0.571. The summed E-state index contributed by atoms with van der Waals surface area (Å²) >= 11 is 0. The summed E-state index contributed by atoms with van der Waals surface area (Å²) in [7, 11) is 1.70. The lowest BCUT2D eigenvalue weighted by Crippen LogP contribution is -2.39. The number of hydrogen-bond donors (Lipinski definition) is 1. The molecule has 0 spiro atoms. The highest BCUT2D eigenvalue weighted by Gasteiger charge is 2.15. The first-order valence-corrected chi connectivity index (χ1v) is 5.89. The molecule has 1 aliphatic heterocycles. The lowest BCUT2D eigenvalue weighted by Gasteiger charge is -2.30. The summed E-state index contributed by atoms with van der Waals surface area (Å²) in [6.45, 7) is 3.26. The van der Waals surface area contributed by atoms with Gasteiger partial charge in [0.25, 0.3) is 0 Å². The van der Waals surface area contributed by atoms with E-state index in [1.807, 2.05) is 12.1 Å². The molecule has 0 unspecified atom stereocenters. The van der Waals surface area contributed by atoms with E-state index in [-0.39, 0.29) is 7.43 Å². The molecule has 0 amide bonds. The number of rotatable bonds is 3. The third kappa shape index (κ3) is 4.02. The average Bonchev–Trinajstić information content (AvgIpc) is 2.33. The van der Waals surface area contributed by atoms with Gasteiger partial charge < -0.3 is 10.5 Å². The third-order valence-electron chi connectivity index (χ3n) is 3.20. The summed E-state index contributed by atoms with van der Waals surface area (Å²) in [5.74, 6) is 0.921. The molecular formula is C14H24N2O. The second-order valence-corrected chi connectivity index (χ2v) is 4.46. The molecule has 0 aromatic heterocycles. The number of nitrogens with zero attached hydrogens (tertiary/aromatic N) is 1. The molecule has 0 aliphatic carbocycles. The lowest BCUT2D eigenvalue weighted by molar-refractivity contribution is 0.205. The summed E-state index contributed by atoms with van der Waals surface area (Å²) in [5, 5.41) is 0. The first-order valence-electron chi connectivity index (χ1n) is 5.89. The van der Waals surface area contributed by atoms with Gasteiger partial charge in [-0.25, -0.2) is 0 Å². The molecule has 17 heavy (non-hydrogen) atoms. The van der Waals surface area contributed by atoms with Crippen molar-refractivity contribution in [2.24, 2.45) is 5.73 Å². The second kappa shape index (κ2) is 6.62. The Kier molecular flexibility index (Phi) is 5.45. The van der Waals surface area contributed by atoms with Crippen LogP contribution in [-0.4, -0.2) is 31.1 Å². The van der Waals surface area contributed by atoms with Crippen molar-refractivity contribution in [1.82, 2.24) is 4.90 Å². The number of ether oxygens (including phenoxy) is 1. The maximum absolute atomic E-state index is 5.89. The van der Waals surface area contributed by atoms with Gasteiger partial charge in [-0.2, -0.15) is 0 Å². The number of likely N-dealkylation sites (tertiary alicyclic amines) is 1. The van der Waals surface area contributed by atoms with Crippen molar-refractivity contribution in [3.63, 3.8) is 0 Å². The summed E-state index contributed by atoms with van der Waals surface area (Å²) in [5.41, 5.74) is 7.23. The zero-order valence-corrected chi connectivity index (χ0v) is 9.86. The van der Waals surface area contributed by atoms with Crippen LogP contribution in [0.15, 0.2) is 24.3 Å². The molecule has 2 rings (SSSR count). The van der Waals surface area contributed by atoms with Gasteiger partial charge in [-0.3, -0.25) is 4.90 Å². The SMILES string of the molecule is C.COc1ccc(CN2CCC(N)CC2)cc1. The Labute approximate surface area is 105 Å². The van der Waals surface area contributed by atoms with Crippen molar-refractivity contribution in [2.75, 3.05) is 20.2 Å². The van der Waals surface area contributed by atoms with Gasteiger partial charge in [0.15, 0.2) is 0 Å². The van der Waals surface area contributed by atoms with Crippen LogP contribution in [0.5, 0.6) is 5.75 Å². The molecule has 1 saturated heterocycles. The first-order chi connectivity index (χ1) is 7.78. The Morgan fingerprint density at radius 1 is 1.24 bits per heavy atom. The zero-order chi connectivity index (χ0) is 11.4. The smallest absolute Gasteiger partial charge is 0.118 e. The van der Waals surface area contributed by atoms with Crippen molar-refractivity contribution in [3.8, 4) is 5.75 Å². The van der Waals surface area contributed by atoms with Crippen molar-refractivity contribution >= 4 is 0 Å². The summed E-state index contributed by atoms with van der Waals surface area (Å²) in [6, 6.07) is 8.71. The number of nitrogens with two attached hydrogens (primary N) is 1. The van der Waals surface area contributed by atoms with Crippen molar-refractivity contribution in [1.29, 1.82) is 0 Å². The maximum Gasteiger partial charge on any atom is 0.118 e. The van der Waals surface area contributed by atoms with Crippen molar-refractivity contribution in [3.05, 3.63) is 29.8 Å². The molecule has 0 atom stereocenters. The van der Waals surface area contributed by atoms with Crippen LogP contribution in [-0.2, 0) is 6.54 Å². The van der Waals surface area contributed by atoms with Crippen LogP contribution < -0.4 is 10.5 Å². The molecular weight excluding hydrogens is 212 g/mol. The van der Waals surface area contributed by atoms with Gasteiger partial charge in [0.1, 0.15) is 5.75 Å². The van der Waals surface area contributed by atoms with Crippen LogP contribution in [0.3, 0.4) is 0 Å². The first kappa shape index (κ1) is 14.0. The second-order valence-electron chi connectivity index (χ2n) is 4.46. The number of hydrogen-bond acceptors (Lipinski definition) is 3. The molecule has 1 heterocycles. The van der Waals surface area contributed by atoms with E-state index in [0.29, 0.717) is 6.04 Å². The normalized spacial score (nSPS) is 17.5. The Morgan fingerprint density at radius 2 is 1.82 bits per heavy atom.